The van der Waals surface area contributed by atoms with Gasteiger partial charge in [-0.05, 0) is 31.5 Å². The fourth-order valence-corrected chi connectivity index (χ4v) is 3.29. The van der Waals surface area contributed by atoms with E-state index in [9.17, 15) is 0 Å². The number of thiazole rings is 1. The Labute approximate surface area is 128 Å². The Morgan fingerprint density at radius 1 is 1.14 bits per heavy atom. The standard InChI is InChI=1S/C17H18N2OS/c1-11(18-2)17-19-15(10-21-17)13-8-9-16(20-3)14-7-5-4-6-12(13)14/h4-11,18H,1-3H3. The number of ether oxygens (including phenoxy) is 1. The van der Waals surface area contributed by atoms with Crippen molar-refractivity contribution in [3.8, 4) is 17.0 Å². The van der Waals surface area contributed by atoms with Crippen molar-refractivity contribution < 1.29 is 4.74 Å². The van der Waals surface area contributed by atoms with Crippen LogP contribution in [0.4, 0.5) is 0 Å². The molecular weight excluding hydrogens is 280 g/mol. The molecule has 1 unspecified atom stereocenters. The molecule has 0 saturated heterocycles. The van der Waals surface area contributed by atoms with Gasteiger partial charge in [0, 0.05) is 16.3 Å². The van der Waals surface area contributed by atoms with Gasteiger partial charge in [-0.3, -0.25) is 0 Å². The van der Waals surface area contributed by atoms with Crippen molar-refractivity contribution in [3.63, 3.8) is 0 Å². The number of benzene rings is 2. The molecule has 3 rings (SSSR count). The highest BCUT2D eigenvalue weighted by Crippen LogP contribution is 2.35. The molecule has 3 nitrogen and oxygen atoms in total. The maximum atomic E-state index is 5.45. The van der Waals surface area contributed by atoms with Gasteiger partial charge in [0.25, 0.3) is 0 Å². The van der Waals surface area contributed by atoms with Crippen LogP contribution in [0.2, 0.25) is 0 Å². The first-order valence-corrected chi connectivity index (χ1v) is 7.81. The summed E-state index contributed by atoms with van der Waals surface area (Å²) < 4.78 is 5.45. The summed E-state index contributed by atoms with van der Waals surface area (Å²) in [6, 6.07) is 12.7. The van der Waals surface area contributed by atoms with Gasteiger partial charge in [-0.15, -0.1) is 11.3 Å². The van der Waals surface area contributed by atoms with Gasteiger partial charge in [0.2, 0.25) is 0 Å². The molecule has 0 aliphatic heterocycles. The molecule has 0 aliphatic carbocycles. The third-order valence-corrected chi connectivity index (χ3v) is 4.73. The van der Waals surface area contributed by atoms with Gasteiger partial charge in [0.1, 0.15) is 10.8 Å². The zero-order valence-corrected chi connectivity index (χ0v) is 13.2. The van der Waals surface area contributed by atoms with Gasteiger partial charge >= 0.3 is 0 Å². The Balaban J connectivity index is 2.15. The van der Waals surface area contributed by atoms with Gasteiger partial charge in [-0.25, -0.2) is 4.98 Å². The van der Waals surface area contributed by atoms with Gasteiger partial charge < -0.3 is 10.1 Å². The van der Waals surface area contributed by atoms with Crippen LogP contribution in [0.5, 0.6) is 5.75 Å². The maximum absolute atomic E-state index is 5.45. The van der Waals surface area contributed by atoms with E-state index in [0.29, 0.717) is 0 Å². The fourth-order valence-electron chi connectivity index (χ4n) is 2.41. The van der Waals surface area contributed by atoms with E-state index in [1.807, 2.05) is 19.2 Å². The molecule has 0 aliphatic rings. The summed E-state index contributed by atoms with van der Waals surface area (Å²) in [5.41, 5.74) is 2.17. The Morgan fingerprint density at radius 2 is 1.90 bits per heavy atom. The molecule has 0 saturated carbocycles. The summed E-state index contributed by atoms with van der Waals surface area (Å²) in [5, 5.41) is 8.75. The largest absolute Gasteiger partial charge is 0.496 e. The second-order valence-corrected chi connectivity index (χ2v) is 5.83. The van der Waals surface area contributed by atoms with Crippen LogP contribution >= 0.6 is 11.3 Å². The van der Waals surface area contributed by atoms with Crippen molar-refractivity contribution in [1.82, 2.24) is 10.3 Å². The third-order valence-electron chi connectivity index (χ3n) is 3.71. The smallest absolute Gasteiger partial charge is 0.126 e. The number of hydrogen-bond donors (Lipinski definition) is 1. The highest BCUT2D eigenvalue weighted by atomic mass is 32.1. The minimum absolute atomic E-state index is 0.272. The Hall–Kier alpha value is -1.91. The summed E-state index contributed by atoms with van der Waals surface area (Å²) in [6.45, 7) is 2.12. The maximum Gasteiger partial charge on any atom is 0.126 e. The molecule has 1 heterocycles. The van der Waals surface area contributed by atoms with E-state index in [2.05, 4.69) is 41.9 Å². The molecule has 2 aromatic carbocycles. The van der Waals surface area contributed by atoms with E-state index in [-0.39, 0.29) is 6.04 Å². The zero-order chi connectivity index (χ0) is 14.8. The van der Waals surface area contributed by atoms with Crippen molar-refractivity contribution in [1.29, 1.82) is 0 Å². The summed E-state index contributed by atoms with van der Waals surface area (Å²) >= 11 is 1.69. The highest BCUT2D eigenvalue weighted by molar-refractivity contribution is 7.10. The van der Waals surface area contributed by atoms with Crippen molar-refractivity contribution in [2.75, 3.05) is 14.2 Å². The average molecular weight is 298 g/mol. The first-order chi connectivity index (χ1) is 10.2. The molecule has 108 valence electrons. The van der Waals surface area contributed by atoms with E-state index < -0.39 is 0 Å². The minimum Gasteiger partial charge on any atom is -0.496 e. The van der Waals surface area contributed by atoms with E-state index >= 15 is 0 Å². The lowest BCUT2D eigenvalue weighted by atomic mass is 10.0. The minimum atomic E-state index is 0.272. The second-order valence-electron chi connectivity index (χ2n) is 4.94. The van der Waals surface area contributed by atoms with Gasteiger partial charge in [0.05, 0.1) is 18.8 Å². The summed E-state index contributed by atoms with van der Waals surface area (Å²) in [6.07, 6.45) is 0. The van der Waals surface area contributed by atoms with Crippen LogP contribution in [-0.2, 0) is 0 Å². The molecule has 21 heavy (non-hydrogen) atoms. The fraction of sp³-hybridized carbons (Fsp3) is 0.235. The quantitative estimate of drug-likeness (QED) is 0.782. The van der Waals surface area contributed by atoms with Crippen LogP contribution in [0.15, 0.2) is 41.8 Å². The zero-order valence-electron chi connectivity index (χ0n) is 12.4. The molecule has 0 amide bonds. The van der Waals surface area contributed by atoms with E-state index in [1.165, 1.54) is 5.39 Å². The van der Waals surface area contributed by atoms with E-state index in [4.69, 9.17) is 9.72 Å². The lowest BCUT2D eigenvalue weighted by molar-refractivity contribution is 0.420. The van der Waals surface area contributed by atoms with Crippen LogP contribution in [-0.4, -0.2) is 19.1 Å². The van der Waals surface area contributed by atoms with Crippen molar-refractivity contribution in [3.05, 3.63) is 46.8 Å². The predicted molar refractivity (Wildman–Crippen MR) is 89.1 cm³/mol. The van der Waals surface area contributed by atoms with Crippen LogP contribution in [0.3, 0.4) is 0 Å². The molecular formula is C17H18N2OS. The van der Waals surface area contributed by atoms with Gasteiger partial charge in [-0.1, -0.05) is 24.3 Å². The molecule has 4 heteroatoms. The molecule has 1 atom stereocenters. The second kappa shape index (κ2) is 5.84. The normalized spacial score (nSPS) is 12.5. The van der Waals surface area contributed by atoms with Crippen LogP contribution in [0, 0.1) is 0 Å². The summed E-state index contributed by atoms with van der Waals surface area (Å²) in [5.74, 6) is 0.897. The molecule has 0 bridgehead atoms. The summed E-state index contributed by atoms with van der Waals surface area (Å²) in [7, 11) is 3.66. The van der Waals surface area contributed by atoms with Gasteiger partial charge in [0.15, 0.2) is 0 Å². The Morgan fingerprint density at radius 3 is 2.62 bits per heavy atom. The molecule has 0 spiro atoms. The van der Waals surface area contributed by atoms with Crippen LogP contribution in [0.25, 0.3) is 22.0 Å². The monoisotopic (exact) mass is 298 g/mol. The Kier molecular flexibility index (Phi) is 3.90. The molecule has 0 radical (unpaired) electrons. The number of hydrogen-bond acceptors (Lipinski definition) is 4. The summed E-state index contributed by atoms with van der Waals surface area (Å²) in [4.78, 5) is 4.77. The number of aromatic nitrogens is 1. The lowest BCUT2D eigenvalue weighted by Gasteiger charge is -2.09. The number of rotatable bonds is 4. The molecule has 1 aromatic heterocycles. The number of nitrogens with zero attached hydrogens (tertiary/aromatic N) is 1. The van der Waals surface area contributed by atoms with Crippen molar-refractivity contribution in [2.45, 2.75) is 13.0 Å². The third kappa shape index (κ3) is 2.52. The van der Waals surface area contributed by atoms with Crippen molar-refractivity contribution >= 4 is 22.1 Å². The predicted octanol–water partition coefficient (Wildman–Crippen LogP) is 4.25. The first-order valence-electron chi connectivity index (χ1n) is 6.93. The van der Waals surface area contributed by atoms with Crippen LogP contribution in [0.1, 0.15) is 18.0 Å². The molecule has 1 N–H and O–H groups in total. The number of methoxy groups -OCH3 is 1. The lowest BCUT2D eigenvalue weighted by Crippen LogP contribution is -2.11. The van der Waals surface area contributed by atoms with Crippen LogP contribution < -0.4 is 10.1 Å². The first kappa shape index (κ1) is 14.0. The van der Waals surface area contributed by atoms with E-state index in [1.54, 1.807) is 18.4 Å². The molecule has 0 fully saturated rings. The highest BCUT2D eigenvalue weighted by Gasteiger charge is 2.13. The van der Waals surface area contributed by atoms with Crippen molar-refractivity contribution in [2.24, 2.45) is 0 Å². The van der Waals surface area contributed by atoms with Gasteiger partial charge in [-0.2, -0.15) is 0 Å². The molecule has 3 aromatic rings. The van der Waals surface area contributed by atoms with E-state index in [0.717, 1.165) is 27.4 Å². The number of nitrogens with one attached hydrogen (secondary N) is 1. The average Bonchev–Trinajstić information content (AvgIpc) is 3.02. The topological polar surface area (TPSA) is 34.2 Å². The Bertz CT molecular complexity index is 766. The SMILES string of the molecule is CNC(C)c1nc(-c2ccc(OC)c3ccccc23)cs1. The number of fused-ring (bicyclic) bond motifs is 1.